The molecule has 0 saturated carbocycles. The first kappa shape index (κ1) is 23.2. The van der Waals surface area contributed by atoms with Crippen LogP contribution in [0, 0.1) is 10.1 Å². The van der Waals surface area contributed by atoms with Crippen LogP contribution in [0.15, 0.2) is 66.7 Å². The average molecular weight is 470 g/mol. The highest BCUT2D eigenvalue weighted by atomic mass is 35.5. The van der Waals surface area contributed by atoms with Gasteiger partial charge >= 0.3 is 11.7 Å². The molecule has 0 atom stereocenters. The number of benzene rings is 3. The van der Waals surface area contributed by atoms with Gasteiger partial charge in [-0.15, -0.1) is 0 Å². The van der Waals surface area contributed by atoms with Crippen molar-refractivity contribution in [3.63, 3.8) is 0 Å². The Morgan fingerprint density at radius 1 is 0.970 bits per heavy atom. The second-order valence-corrected chi connectivity index (χ2v) is 7.00. The number of ether oxygens (including phenoxy) is 2. The molecule has 3 aromatic carbocycles. The third-order valence-corrected chi connectivity index (χ3v) is 4.46. The van der Waals surface area contributed by atoms with Crippen molar-refractivity contribution in [2.75, 3.05) is 11.9 Å². The van der Waals surface area contributed by atoms with Crippen LogP contribution in [0.3, 0.4) is 0 Å². The Morgan fingerprint density at radius 2 is 1.61 bits per heavy atom. The van der Waals surface area contributed by atoms with Gasteiger partial charge in [-0.3, -0.25) is 19.7 Å². The van der Waals surface area contributed by atoms with E-state index in [1.165, 1.54) is 66.7 Å². The van der Waals surface area contributed by atoms with Crippen molar-refractivity contribution in [2.45, 2.75) is 0 Å². The fraction of sp³-hybridized carbons (Fsp3) is 0.0455. The van der Waals surface area contributed by atoms with Gasteiger partial charge in [0.2, 0.25) is 11.7 Å². The zero-order chi connectivity index (χ0) is 24.0. The molecule has 0 aliphatic heterocycles. The summed E-state index contributed by atoms with van der Waals surface area (Å²) in [4.78, 5) is 45.7. The smallest absolute Gasteiger partial charge is 0.338 e. The highest BCUT2D eigenvalue weighted by Gasteiger charge is 2.17. The molecule has 0 aliphatic rings. The van der Waals surface area contributed by atoms with Gasteiger partial charge in [-0.25, -0.2) is 4.79 Å². The van der Waals surface area contributed by atoms with Crippen molar-refractivity contribution in [3.8, 4) is 11.5 Å². The number of carbonyl (C=O) groups excluding carboxylic acids is 3. The number of hydrogen-bond donors (Lipinski definition) is 2. The van der Waals surface area contributed by atoms with E-state index in [2.05, 4.69) is 5.32 Å². The molecule has 2 amide bonds. The van der Waals surface area contributed by atoms with Crippen LogP contribution in [0.25, 0.3) is 0 Å². The molecule has 0 heterocycles. The van der Waals surface area contributed by atoms with Gasteiger partial charge < -0.3 is 20.5 Å². The molecule has 11 heteroatoms. The lowest BCUT2D eigenvalue weighted by Crippen LogP contribution is -2.21. The number of carbonyl (C=O) groups is 3. The molecule has 0 aromatic heterocycles. The van der Waals surface area contributed by atoms with E-state index in [0.29, 0.717) is 5.69 Å². The van der Waals surface area contributed by atoms with E-state index in [1.807, 2.05) is 0 Å². The standard InChI is InChI=1S/C22H16ClN3O7/c23-15-5-10-19(18(11-15)26(30)31)33-17-8-3-14(4-9-17)22(29)32-12-20(27)25-16-6-1-13(2-7-16)21(24)28/h1-11H,12H2,(H2,24,28)(H,25,27). The minimum Gasteiger partial charge on any atom is -0.452 e. The zero-order valence-corrected chi connectivity index (χ0v) is 17.6. The third-order valence-electron chi connectivity index (χ3n) is 4.22. The molecule has 0 spiro atoms. The van der Waals surface area contributed by atoms with Crippen LogP contribution >= 0.6 is 11.6 Å². The number of nitro benzene ring substituents is 1. The number of nitro groups is 1. The van der Waals surface area contributed by atoms with Gasteiger partial charge in [0.1, 0.15) is 5.75 Å². The summed E-state index contributed by atoms with van der Waals surface area (Å²) in [5.41, 5.74) is 5.68. The minimum absolute atomic E-state index is 0.0136. The minimum atomic E-state index is -0.752. The first-order valence-electron chi connectivity index (χ1n) is 9.31. The molecule has 0 unspecified atom stereocenters. The highest BCUT2D eigenvalue weighted by Crippen LogP contribution is 2.33. The topological polar surface area (TPSA) is 151 Å². The molecular formula is C22H16ClN3O7. The molecular weight excluding hydrogens is 454 g/mol. The number of primary amides is 1. The van der Waals surface area contributed by atoms with Crippen LogP contribution < -0.4 is 15.8 Å². The number of anilines is 1. The number of hydrogen-bond acceptors (Lipinski definition) is 7. The zero-order valence-electron chi connectivity index (χ0n) is 16.8. The van der Waals surface area contributed by atoms with Crippen molar-refractivity contribution >= 4 is 40.8 Å². The fourth-order valence-corrected chi connectivity index (χ4v) is 2.80. The fourth-order valence-electron chi connectivity index (χ4n) is 2.63. The Morgan fingerprint density at radius 3 is 2.21 bits per heavy atom. The Labute approximate surface area is 192 Å². The van der Waals surface area contributed by atoms with E-state index >= 15 is 0 Å². The first-order valence-corrected chi connectivity index (χ1v) is 9.69. The molecule has 33 heavy (non-hydrogen) atoms. The molecule has 0 saturated heterocycles. The number of nitrogens with two attached hydrogens (primary N) is 1. The van der Waals surface area contributed by atoms with Crippen molar-refractivity contribution in [2.24, 2.45) is 5.73 Å². The van der Waals surface area contributed by atoms with Crippen LogP contribution in [0.4, 0.5) is 11.4 Å². The Kier molecular flexibility index (Phi) is 7.21. The number of nitrogens with one attached hydrogen (secondary N) is 1. The van der Waals surface area contributed by atoms with Gasteiger partial charge in [0.25, 0.3) is 5.91 Å². The summed E-state index contributed by atoms with van der Waals surface area (Å²) in [6.07, 6.45) is 0. The Bertz CT molecular complexity index is 1210. The monoisotopic (exact) mass is 469 g/mol. The van der Waals surface area contributed by atoms with Gasteiger partial charge in [-0.1, -0.05) is 11.6 Å². The van der Waals surface area contributed by atoms with Gasteiger partial charge in [0.05, 0.1) is 10.5 Å². The van der Waals surface area contributed by atoms with Crippen molar-refractivity contribution < 1.29 is 28.8 Å². The predicted molar refractivity (Wildman–Crippen MR) is 118 cm³/mol. The van der Waals surface area contributed by atoms with Crippen LogP contribution in [0.2, 0.25) is 5.02 Å². The van der Waals surface area contributed by atoms with E-state index < -0.39 is 29.3 Å². The molecule has 0 bridgehead atoms. The predicted octanol–water partition coefficient (Wildman–Crippen LogP) is 3.93. The summed E-state index contributed by atoms with van der Waals surface area (Å²) in [6.45, 7) is -0.536. The molecule has 168 valence electrons. The number of halogens is 1. The molecule has 10 nitrogen and oxygen atoms in total. The average Bonchev–Trinajstić information content (AvgIpc) is 2.79. The number of nitrogens with zero attached hydrogens (tertiary/aromatic N) is 1. The first-order chi connectivity index (χ1) is 15.7. The van der Waals surface area contributed by atoms with Crippen LogP contribution in [-0.4, -0.2) is 29.3 Å². The largest absolute Gasteiger partial charge is 0.452 e. The lowest BCUT2D eigenvalue weighted by Gasteiger charge is -2.09. The number of amides is 2. The third kappa shape index (κ3) is 6.28. The van der Waals surface area contributed by atoms with E-state index in [1.54, 1.807) is 0 Å². The summed E-state index contributed by atoms with van der Waals surface area (Å²) in [7, 11) is 0. The second kappa shape index (κ2) is 10.2. The van der Waals surface area contributed by atoms with Crippen molar-refractivity contribution in [1.29, 1.82) is 0 Å². The Balaban J connectivity index is 1.55. The lowest BCUT2D eigenvalue weighted by atomic mass is 10.2. The summed E-state index contributed by atoms with van der Waals surface area (Å²) in [6, 6.07) is 15.5. The molecule has 3 N–H and O–H groups in total. The lowest BCUT2D eigenvalue weighted by molar-refractivity contribution is -0.385. The Hall–Kier alpha value is -4.44. The van der Waals surface area contributed by atoms with E-state index in [0.717, 1.165) is 0 Å². The van der Waals surface area contributed by atoms with Crippen LogP contribution in [0.5, 0.6) is 11.5 Å². The van der Waals surface area contributed by atoms with Crippen molar-refractivity contribution in [3.05, 3.63) is 93.0 Å². The second-order valence-electron chi connectivity index (χ2n) is 6.56. The molecule has 0 fully saturated rings. The van der Waals surface area contributed by atoms with Gasteiger partial charge in [0, 0.05) is 22.3 Å². The summed E-state index contributed by atoms with van der Waals surface area (Å²) >= 11 is 5.78. The maximum Gasteiger partial charge on any atom is 0.338 e. The SMILES string of the molecule is NC(=O)c1ccc(NC(=O)COC(=O)c2ccc(Oc3ccc(Cl)cc3[N+](=O)[O-])cc2)cc1. The number of esters is 1. The van der Waals surface area contributed by atoms with Gasteiger partial charge in [-0.2, -0.15) is 0 Å². The summed E-state index contributed by atoms with van der Waals surface area (Å²) in [5.74, 6) is -1.69. The summed E-state index contributed by atoms with van der Waals surface area (Å²) in [5, 5.41) is 13.9. The maximum absolute atomic E-state index is 12.2. The van der Waals surface area contributed by atoms with Crippen molar-refractivity contribution in [1.82, 2.24) is 0 Å². The van der Waals surface area contributed by atoms with Crippen LogP contribution in [0.1, 0.15) is 20.7 Å². The maximum atomic E-state index is 12.2. The van der Waals surface area contributed by atoms with E-state index in [4.69, 9.17) is 26.8 Å². The molecule has 3 aromatic rings. The molecule has 0 aliphatic carbocycles. The molecule has 3 rings (SSSR count). The normalized spacial score (nSPS) is 10.2. The van der Waals surface area contributed by atoms with Crippen LogP contribution in [-0.2, 0) is 9.53 Å². The molecule has 0 radical (unpaired) electrons. The van der Waals surface area contributed by atoms with E-state index in [-0.39, 0.29) is 33.3 Å². The highest BCUT2D eigenvalue weighted by molar-refractivity contribution is 6.30. The van der Waals surface area contributed by atoms with E-state index in [9.17, 15) is 24.5 Å². The summed E-state index contributed by atoms with van der Waals surface area (Å²) < 4.78 is 10.5. The van der Waals surface area contributed by atoms with Gasteiger partial charge in [-0.05, 0) is 60.7 Å². The number of rotatable bonds is 8. The quantitative estimate of drug-likeness (QED) is 0.288. The van der Waals surface area contributed by atoms with Gasteiger partial charge in [0.15, 0.2) is 6.61 Å².